The largest absolute Gasteiger partial charge is 0.507 e. The number of anilines is 1. The van der Waals surface area contributed by atoms with Crippen LogP contribution < -0.4 is 10.1 Å². The fraction of sp³-hybridized carbons (Fsp3) is 0.125. The van der Waals surface area contributed by atoms with Crippen LogP contribution in [0.15, 0.2) is 47.5 Å². The predicted octanol–water partition coefficient (Wildman–Crippen LogP) is 3.11. The molecule has 0 spiro atoms. The van der Waals surface area contributed by atoms with Crippen LogP contribution in [0.3, 0.4) is 0 Å². The van der Waals surface area contributed by atoms with Crippen LogP contribution in [0.4, 0.5) is 11.4 Å². The normalized spacial score (nSPS) is 10.6. The lowest BCUT2D eigenvalue weighted by molar-refractivity contribution is -0.114. The molecule has 0 heterocycles. The Labute approximate surface area is 122 Å². The van der Waals surface area contributed by atoms with Crippen LogP contribution in [0.2, 0.25) is 0 Å². The van der Waals surface area contributed by atoms with Crippen molar-refractivity contribution in [1.29, 1.82) is 0 Å². The number of hydrogen-bond donors (Lipinski definition) is 2. The summed E-state index contributed by atoms with van der Waals surface area (Å²) < 4.78 is 5.10. The molecule has 0 atom stereocenters. The molecule has 2 rings (SSSR count). The standard InChI is InChI=1S/C16H16N2O3/c1-11(19)18-14-5-3-13(4-6-14)17-10-12-9-15(21-2)7-8-16(12)20/h3-10,20H,1-2H3,(H,18,19). The molecule has 2 aromatic carbocycles. The fourth-order valence-corrected chi connectivity index (χ4v) is 1.74. The molecule has 0 aliphatic carbocycles. The summed E-state index contributed by atoms with van der Waals surface area (Å²) in [6.45, 7) is 1.46. The Morgan fingerprint density at radius 1 is 1.24 bits per heavy atom. The van der Waals surface area contributed by atoms with E-state index in [-0.39, 0.29) is 11.7 Å². The minimum Gasteiger partial charge on any atom is -0.507 e. The molecule has 0 radical (unpaired) electrons. The first kappa shape index (κ1) is 14.6. The Kier molecular flexibility index (Phi) is 4.56. The van der Waals surface area contributed by atoms with E-state index in [4.69, 9.17) is 4.74 Å². The van der Waals surface area contributed by atoms with Gasteiger partial charge in [-0.25, -0.2) is 0 Å². The van der Waals surface area contributed by atoms with Crippen LogP contribution in [0.25, 0.3) is 0 Å². The molecular weight excluding hydrogens is 268 g/mol. The van der Waals surface area contributed by atoms with Crippen molar-refractivity contribution >= 4 is 23.5 Å². The van der Waals surface area contributed by atoms with Gasteiger partial charge in [0, 0.05) is 24.4 Å². The molecular formula is C16H16N2O3. The lowest BCUT2D eigenvalue weighted by Crippen LogP contribution is -2.04. The van der Waals surface area contributed by atoms with E-state index in [0.29, 0.717) is 22.7 Å². The number of hydrogen-bond acceptors (Lipinski definition) is 4. The zero-order valence-electron chi connectivity index (χ0n) is 11.8. The molecule has 0 aromatic heterocycles. The molecule has 2 aromatic rings. The minimum atomic E-state index is -0.118. The topological polar surface area (TPSA) is 70.9 Å². The number of phenols is 1. The monoisotopic (exact) mass is 284 g/mol. The highest BCUT2D eigenvalue weighted by atomic mass is 16.5. The van der Waals surface area contributed by atoms with Gasteiger partial charge in [-0.3, -0.25) is 9.79 Å². The van der Waals surface area contributed by atoms with Crippen molar-refractivity contribution in [3.05, 3.63) is 48.0 Å². The van der Waals surface area contributed by atoms with Gasteiger partial charge in [0.25, 0.3) is 0 Å². The molecule has 0 aliphatic heterocycles. The SMILES string of the molecule is COc1ccc(O)c(C=Nc2ccc(NC(C)=O)cc2)c1. The number of nitrogens with zero attached hydrogens (tertiary/aromatic N) is 1. The summed E-state index contributed by atoms with van der Waals surface area (Å²) in [5, 5.41) is 12.4. The van der Waals surface area contributed by atoms with Crippen LogP contribution in [0.1, 0.15) is 12.5 Å². The number of benzene rings is 2. The molecule has 108 valence electrons. The average molecular weight is 284 g/mol. The van der Waals surface area contributed by atoms with Gasteiger partial charge in [-0.15, -0.1) is 0 Å². The maximum Gasteiger partial charge on any atom is 0.221 e. The van der Waals surface area contributed by atoms with E-state index in [2.05, 4.69) is 10.3 Å². The number of phenolic OH excluding ortho intramolecular Hbond substituents is 1. The number of aromatic hydroxyl groups is 1. The second-order valence-corrected chi connectivity index (χ2v) is 4.41. The van der Waals surface area contributed by atoms with Gasteiger partial charge in [-0.05, 0) is 42.5 Å². The lowest BCUT2D eigenvalue weighted by atomic mass is 10.2. The smallest absolute Gasteiger partial charge is 0.221 e. The predicted molar refractivity (Wildman–Crippen MR) is 82.7 cm³/mol. The number of aliphatic imine (C=N–C) groups is 1. The quantitative estimate of drug-likeness (QED) is 0.847. The number of ether oxygens (including phenoxy) is 1. The Morgan fingerprint density at radius 3 is 2.57 bits per heavy atom. The van der Waals surface area contributed by atoms with Crippen molar-refractivity contribution in [2.45, 2.75) is 6.92 Å². The van der Waals surface area contributed by atoms with Gasteiger partial charge >= 0.3 is 0 Å². The summed E-state index contributed by atoms with van der Waals surface area (Å²) in [5.41, 5.74) is 2.00. The van der Waals surface area contributed by atoms with E-state index in [1.807, 2.05) is 0 Å². The summed E-state index contributed by atoms with van der Waals surface area (Å²) in [7, 11) is 1.56. The molecule has 21 heavy (non-hydrogen) atoms. The molecule has 1 amide bonds. The number of amides is 1. The zero-order chi connectivity index (χ0) is 15.2. The van der Waals surface area contributed by atoms with E-state index in [9.17, 15) is 9.90 Å². The van der Waals surface area contributed by atoms with Crippen molar-refractivity contribution in [1.82, 2.24) is 0 Å². The van der Waals surface area contributed by atoms with Gasteiger partial charge in [-0.2, -0.15) is 0 Å². The Bertz CT molecular complexity index is 664. The van der Waals surface area contributed by atoms with Gasteiger partial charge in [0.05, 0.1) is 12.8 Å². The van der Waals surface area contributed by atoms with Gasteiger partial charge in [0.15, 0.2) is 0 Å². The van der Waals surface area contributed by atoms with Crippen LogP contribution >= 0.6 is 0 Å². The Balaban J connectivity index is 2.15. The lowest BCUT2D eigenvalue weighted by Gasteiger charge is -2.03. The third kappa shape index (κ3) is 4.07. The highest BCUT2D eigenvalue weighted by Gasteiger charge is 2.01. The molecule has 0 aliphatic rings. The first-order valence-electron chi connectivity index (χ1n) is 6.37. The summed E-state index contributed by atoms with van der Waals surface area (Å²) in [4.78, 5) is 15.2. The Morgan fingerprint density at radius 2 is 1.95 bits per heavy atom. The maximum absolute atomic E-state index is 10.9. The minimum absolute atomic E-state index is 0.118. The van der Waals surface area contributed by atoms with Crippen molar-refractivity contribution < 1.29 is 14.6 Å². The molecule has 5 heteroatoms. The fourth-order valence-electron chi connectivity index (χ4n) is 1.74. The summed E-state index contributed by atoms with van der Waals surface area (Å²) in [5.74, 6) is 0.664. The zero-order valence-corrected chi connectivity index (χ0v) is 11.8. The van der Waals surface area contributed by atoms with Crippen LogP contribution in [0, 0.1) is 0 Å². The molecule has 0 bridgehead atoms. The summed E-state index contributed by atoms with van der Waals surface area (Å²) in [6, 6.07) is 12.0. The number of methoxy groups -OCH3 is 1. The van der Waals surface area contributed by atoms with E-state index >= 15 is 0 Å². The second-order valence-electron chi connectivity index (χ2n) is 4.41. The summed E-state index contributed by atoms with van der Waals surface area (Å²) in [6.07, 6.45) is 1.56. The third-order valence-electron chi connectivity index (χ3n) is 2.78. The number of carbonyl (C=O) groups is 1. The molecule has 0 saturated heterocycles. The third-order valence-corrected chi connectivity index (χ3v) is 2.78. The molecule has 2 N–H and O–H groups in total. The summed E-state index contributed by atoms with van der Waals surface area (Å²) >= 11 is 0. The van der Waals surface area contributed by atoms with E-state index in [0.717, 1.165) is 0 Å². The molecule has 0 saturated carbocycles. The molecule has 5 nitrogen and oxygen atoms in total. The van der Waals surface area contributed by atoms with Crippen molar-refractivity contribution in [3.8, 4) is 11.5 Å². The van der Waals surface area contributed by atoms with Gasteiger partial charge in [0.2, 0.25) is 5.91 Å². The van der Waals surface area contributed by atoms with E-state index in [1.54, 1.807) is 55.8 Å². The second kappa shape index (κ2) is 6.56. The Hall–Kier alpha value is -2.82. The van der Waals surface area contributed by atoms with Gasteiger partial charge < -0.3 is 15.2 Å². The molecule has 0 unspecified atom stereocenters. The van der Waals surface area contributed by atoms with Gasteiger partial charge in [-0.1, -0.05) is 0 Å². The number of nitrogens with one attached hydrogen (secondary N) is 1. The van der Waals surface area contributed by atoms with Crippen molar-refractivity contribution in [2.24, 2.45) is 4.99 Å². The van der Waals surface area contributed by atoms with Crippen LogP contribution in [0.5, 0.6) is 11.5 Å². The van der Waals surface area contributed by atoms with Gasteiger partial charge in [0.1, 0.15) is 11.5 Å². The average Bonchev–Trinajstić information content (AvgIpc) is 2.47. The van der Waals surface area contributed by atoms with Crippen LogP contribution in [-0.4, -0.2) is 24.3 Å². The number of rotatable bonds is 4. The first-order valence-corrected chi connectivity index (χ1v) is 6.37. The van der Waals surface area contributed by atoms with Crippen LogP contribution in [-0.2, 0) is 4.79 Å². The number of carbonyl (C=O) groups excluding carboxylic acids is 1. The maximum atomic E-state index is 10.9. The van der Waals surface area contributed by atoms with E-state index in [1.165, 1.54) is 6.92 Å². The highest BCUT2D eigenvalue weighted by molar-refractivity contribution is 5.89. The van der Waals surface area contributed by atoms with E-state index < -0.39 is 0 Å². The van der Waals surface area contributed by atoms with Crippen molar-refractivity contribution in [2.75, 3.05) is 12.4 Å². The molecule has 0 fully saturated rings. The highest BCUT2D eigenvalue weighted by Crippen LogP contribution is 2.22. The van der Waals surface area contributed by atoms with Crippen molar-refractivity contribution in [3.63, 3.8) is 0 Å². The first-order chi connectivity index (χ1) is 10.1.